The Balaban J connectivity index is 1.08. The molecule has 2 aromatic rings. The number of hydrogen-bond acceptors (Lipinski definition) is 7. The summed E-state index contributed by atoms with van der Waals surface area (Å²) in [5.74, 6) is 0.652. The lowest BCUT2D eigenvalue weighted by Crippen LogP contribution is -2.59. The molecule has 2 amide bonds. The number of morpholine rings is 1. The molecule has 4 aliphatic carbocycles. The Bertz CT molecular complexity index is 1140. The van der Waals surface area contributed by atoms with Crippen LogP contribution in [0.2, 0.25) is 0 Å². The Labute approximate surface area is 211 Å². The van der Waals surface area contributed by atoms with Gasteiger partial charge in [-0.05, 0) is 67.9 Å². The summed E-state index contributed by atoms with van der Waals surface area (Å²) in [4.78, 5) is 35.7. The molecule has 1 aliphatic heterocycles. The van der Waals surface area contributed by atoms with Crippen LogP contribution in [0.1, 0.15) is 48.5 Å². The second-order valence-electron chi connectivity index (χ2n) is 10.8. The fourth-order valence-electron chi connectivity index (χ4n) is 7.05. The lowest BCUT2D eigenvalue weighted by molar-refractivity contribution is -0.159. The Kier molecular flexibility index (Phi) is 6.16. The molecule has 4 saturated carbocycles. The van der Waals surface area contributed by atoms with Gasteiger partial charge in [-0.3, -0.25) is 14.6 Å². The highest BCUT2D eigenvalue weighted by Crippen LogP contribution is 2.57. The zero-order valence-electron chi connectivity index (χ0n) is 20.1. The number of alkyl halides is 3. The van der Waals surface area contributed by atoms with Gasteiger partial charge in [-0.1, -0.05) is 5.16 Å². The number of ether oxygens (including phenoxy) is 1. The number of nitrogens with zero attached hydrogens (tertiary/aromatic N) is 4. The molecule has 5 aliphatic rings. The van der Waals surface area contributed by atoms with Crippen LogP contribution in [0.3, 0.4) is 0 Å². The number of halogens is 3. The van der Waals surface area contributed by atoms with E-state index < -0.39 is 18.0 Å². The van der Waals surface area contributed by atoms with Crippen LogP contribution < -0.4 is 5.32 Å². The van der Waals surface area contributed by atoms with Crippen molar-refractivity contribution in [2.24, 2.45) is 29.6 Å². The van der Waals surface area contributed by atoms with Crippen LogP contribution in [0, 0.1) is 29.6 Å². The third kappa shape index (κ3) is 4.71. The molecule has 7 rings (SSSR count). The van der Waals surface area contributed by atoms with Gasteiger partial charge >= 0.3 is 12.1 Å². The second-order valence-corrected chi connectivity index (χ2v) is 10.8. The van der Waals surface area contributed by atoms with Crippen LogP contribution in [0.25, 0.3) is 11.4 Å². The Morgan fingerprint density at radius 2 is 1.81 bits per heavy atom. The van der Waals surface area contributed by atoms with Crippen molar-refractivity contribution < 1.29 is 32.0 Å². The summed E-state index contributed by atoms with van der Waals surface area (Å²) in [5, 5.41) is 6.15. The van der Waals surface area contributed by atoms with Crippen molar-refractivity contribution in [2.75, 3.05) is 26.3 Å². The molecule has 4 bridgehead atoms. The molecule has 12 heteroatoms. The number of carbonyl (C=O) groups excluding carboxylic acids is 2. The number of carbonyl (C=O) groups is 2. The van der Waals surface area contributed by atoms with Gasteiger partial charge in [-0.25, -0.2) is 0 Å². The molecule has 0 spiro atoms. The maximum atomic E-state index is 13.7. The Hall–Kier alpha value is -3.02. The highest BCUT2D eigenvalue weighted by Gasteiger charge is 2.52. The average molecular weight is 520 g/mol. The molecule has 9 nitrogen and oxygen atoms in total. The van der Waals surface area contributed by atoms with Crippen LogP contribution in [0.5, 0.6) is 0 Å². The van der Waals surface area contributed by atoms with Gasteiger partial charge in [0.1, 0.15) is 5.69 Å². The van der Waals surface area contributed by atoms with Crippen LogP contribution in [-0.4, -0.2) is 64.2 Å². The predicted octanol–water partition coefficient (Wildman–Crippen LogP) is 3.18. The molecule has 198 valence electrons. The number of aromatic nitrogens is 3. The first kappa shape index (κ1) is 24.3. The minimum atomic E-state index is -4.74. The average Bonchev–Trinajstić information content (AvgIpc) is 3.38. The minimum absolute atomic E-state index is 0.0823. The topological polar surface area (TPSA) is 110 Å². The van der Waals surface area contributed by atoms with Crippen LogP contribution in [0.4, 0.5) is 13.2 Å². The van der Waals surface area contributed by atoms with Gasteiger partial charge in [0.2, 0.25) is 11.7 Å². The van der Waals surface area contributed by atoms with Crippen molar-refractivity contribution in [1.29, 1.82) is 0 Å². The fourth-order valence-corrected chi connectivity index (χ4v) is 7.05. The summed E-state index contributed by atoms with van der Waals surface area (Å²) in [6.45, 7) is 1.57. The molecular weight excluding hydrogens is 491 g/mol. The molecule has 1 unspecified atom stereocenters. The molecule has 0 aromatic carbocycles. The second kappa shape index (κ2) is 9.38. The molecule has 0 radical (unpaired) electrons. The van der Waals surface area contributed by atoms with Crippen LogP contribution in [-0.2, 0) is 15.7 Å². The van der Waals surface area contributed by atoms with Crippen molar-refractivity contribution in [3.05, 3.63) is 29.9 Å². The first-order valence-corrected chi connectivity index (χ1v) is 12.8. The molecule has 1 atom stereocenters. The lowest BCUT2D eigenvalue weighted by atomic mass is 9.51. The first-order valence-electron chi connectivity index (χ1n) is 12.8. The van der Waals surface area contributed by atoms with E-state index in [9.17, 15) is 22.8 Å². The number of pyridine rings is 1. The standard InChI is InChI=1S/C25H28F3N5O4/c26-25(27,28)24-31-21(32-37-24)15-1-2-19(29-10-15)22(34)30-11-18-12-36-4-3-33(18)23(35)20-16-6-13-5-14(8-16)9-17(20)7-13/h1-2,10,13-14,16-18,20H,3-9,11-12H2,(H,30,34). The van der Waals surface area contributed by atoms with E-state index in [0.717, 1.165) is 37.5 Å². The molecule has 37 heavy (non-hydrogen) atoms. The number of hydrogen-bond donors (Lipinski definition) is 1. The highest BCUT2D eigenvalue weighted by molar-refractivity contribution is 5.92. The number of amides is 2. The van der Waals surface area contributed by atoms with Crippen molar-refractivity contribution in [2.45, 2.75) is 44.3 Å². The lowest BCUT2D eigenvalue weighted by Gasteiger charge is -2.55. The van der Waals surface area contributed by atoms with Crippen molar-refractivity contribution in [3.8, 4) is 11.4 Å². The monoisotopic (exact) mass is 519 g/mol. The molecular formula is C25H28F3N5O4. The molecule has 1 N–H and O–H groups in total. The molecule has 3 heterocycles. The van der Waals surface area contributed by atoms with E-state index in [1.54, 1.807) is 0 Å². The third-order valence-electron chi connectivity index (χ3n) is 8.44. The maximum Gasteiger partial charge on any atom is 0.471 e. The fraction of sp³-hybridized carbons (Fsp3) is 0.640. The molecule has 5 fully saturated rings. The van der Waals surface area contributed by atoms with Gasteiger partial charge in [0.25, 0.3) is 5.91 Å². The van der Waals surface area contributed by atoms with Gasteiger partial charge in [-0.2, -0.15) is 18.2 Å². The van der Waals surface area contributed by atoms with Gasteiger partial charge in [0.05, 0.1) is 19.3 Å². The smallest absolute Gasteiger partial charge is 0.377 e. The van der Waals surface area contributed by atoms with Crippen LogP contribution in [0.15, 0.2) is 22.9 Å². The largest absolute Gasteiger partial charge is 0.471 e. The van der Waals surface area contributed by atoms with Gasteiger partial charge in [0, 0.05) is 30.8 Å². The highest BCUT2D eigenvalue weighted by atomic mass is 19.4. The van der Waals surface area contributed by atoms with Crippen LogP contribution >= 0.6 is 0 Å². The van der Waals surface area contributed by atoms with E-state index in [1.165, 1.54) is 24.8 Å². The summed E-state index contributed by atoms with van der Waals surface area (Å²) in [6, 6.07) is 2.52. The zero-order valence-corrected chi connectivity index (χ0v) is 20.1. The summed E-state index contributed by atoms with van der Waals surface area (Å²) in [6.07, 6.45) is 2.46. The quantitative estimate of drug-likeness (QED) is 0.646. The van der Waals surface area contributed by atoms with Crippen molar-refractivity contribution in [3.63, 3.8) is 0 Å². The predicted molar refractivity (Wildman–Crippen MR) is 122 cm³/mol. The van der Waals surface area contributed by atoms with Crippen molar-refractivity contribution in [1.82, 2.24) is 25.3 Å². The van der Waals surface area contributed by atoms with E-state index in [0.29, 0.717) is 31.6 Å². The van der Waals surface area contributed by atoms with Gasteiger partial charge < -0.3 is 19.5 Å². The Morgan fingerprint density at radius 3 is 2.43 bits per heavy atom. The molecule has 2 aromatic heterocycles. The minimum Gasteiger partial charge on any atom is -0.377 e. The van der Waals surface area contributed by atoms with Gasteiger partial charge in [-0.15, -0.1) is 0 Å². The van der Waals surface area contributed by atoms with E-state index in [2.05, 4.69) is 25.0 Å². The normalized spacial score (nSPS) is 30.9. The summed E-state index contributed by atoms with van der Waals surface area (Å²) >= 11 is 0. The SMILES string of the molecule is O=C(NCC1COCCN1C(=O)C1C2CC3CC(C2)CC1C3)c1ccc(-c2noc(C(F)(F)F)n2)cn1. The summed E-state index contributed by atoms with van der Waals surface area (Å²) in [5.41, 5.74) is 0.267. The van der Waals surface area contributed by atoms with Gasteiger partial charge in [0.15, 0.2) is 0 Å². The van der Waals surface area contributed by atoms with E-state index in [1.807, 2.05) is 4.90 Å². The number of nitrogens with one attached hydrogen (secondary N) is 1. The summed E-state index contributed by atoms with van der Waals surface area (Å²) in [7, 11) is 0. The van der Waals surface area contributed by atoms with E-state index in [-0.39, 0.29) is 41.5 Å². The van der Waals surface area contributed by atoms with E-state index >= 15 is 0 Å². The third-order valence-corrected chi connectivity index (χ3v) is 8.44. The zero-order chi connectivity index (χ0) is 25.7. The van der Waals surface area contributed by atoms with Crippen molar-refractivity contribution >= 4 is 11.8 Å². The molecule has 1 saturated heterocycles. The maximum absolute atomic E-state index is 13.7. The summed E-state index contributed by atoms with van der Waals surface area (Å²) < 4.78 is 47.9. The first-order chi connectivity index (χ1) is 17.8. The number of rotatable bonds is 5. The van der Waals surface area contributed by atoms with E-state index in [4.69, 9.17) is 4.74 Å². The Morgan fingerprint density at radius 1 is 1.08 bits per heavy atom.